The van der Waals surface area contributed by atoms with Crippen LogP contribution in [-0.2, 0) is 0 Å². The molecule has 0 fully saturated rings. The number of benzene rings is 1. The van der Waals surface area contributed by atoms with Gasteiger partial charge in [-0.15, -0.1) is 0 Å². The third-order valence-corrected chi connectivity index (χ3v) is 1.69. The van der Waals surface area contributed by atoms with Gasteiger partial charge in [-0.25, -0.2) is 0 Å². The number of hydrogen-bond acceptors (Lipinski definition) is 2. The van der Waals surface area contributed by atoms with Crippen LogP contribution >= 0.6 is 22.6 Å². The number of hydrogen-bond donors (Lipinski definition) is 2. The van der Waals surface area contributed by atoms with Crippen LogP contribution in [-0.4, -0.2) is 0 Å². The molecule has 1 aromatic carbocycles. The summed E-state index contributed by atoms with van der Waals surface area (Å²) in [6.45, 7) is 0. The highest BCUT2D eigenvalue weighted by atomic mass is 127. The smallest absolute Gasteiger partial charge is 0.0485 e. The van der Waals surface area contributed by atoms with E-state index in [1.807, 2.05) is 34.4 Å². The zero-order valence-electron chi connectivity index (χ0n) is 5.92. The Kier molecular flexibility index (Phi) is 3.38. The highest BCUT2D eigenvalue weighted by Crippen LogP contribution is 2.09. The highest BCUT2D eigenvalue weighted by Gasteiger charge is 1.86. The molecule has 11 heavy (non-hydrogen) atoms. The number of nitrogen functional groups attached to an aromatic ring is 1. The van der Waals surface area contributed by atoms with Crippen molar-refractivity contribution in [1.29, 1.82) is 0 Å². The molecule has 1 aromatic rings. The second kappa shape index (κ2) is 4.35. The van der Waals surface area contributed by atoms with Crippen LogP contribution in [0.2, 0.25) is 0 Å². The fraction of sp³-hybridized carbons (Fsp3) is 0. The Morgan fingerprint density at radius 3 is 2.36 bits per heavy atom. The molecule has 0 atom stereocenters. The first-order chi connectivity index (χ1) is 5.36. The Morgan fingerprint density at radius 1 is 1.27 bits per heavy atom. The zero-order valence-corrected chi connectivity index (χ0v) is 8.08. The summed E-state index contributed by atoms with van der Waals surface area (Å²) < 4.78 is 1.97. The molecule has 0 aliphatic heterocycles. The van der Waals surface area contributed by atoms with Crippen molar-refractivity contribution in [3.63, 3.8) is 0 Å². The summed E-state index contributed by atoms with van der Waals surface area (Å²) in [5.41, 5.74) is 4.68. The predicted molar refractivity (Wildman–Crippen MR) is 57.3 cm³/mol. The summed E-state index contributed by atoms with van der Waals surface area (Å²) in [6, 6.07) is 7.88. The maximum atomic E-state index is 5.20. The normalized spacial score (nSPS) is 10.4. The van der Waals surface area contributed by atoms with Crippen molar-refractivity contribution in [3.05, 3.63) is 33.9 Å². The molecule has 0 spiro atoms. The highest BCUT2D eigenvalue weighted by molar-refractivity contribution is 14.1. The first kappa shape index (κ1) is 8.55. The third-order valence-electron chi connectivity index (χ3n) is 1.33. The van der Waals surface area contributed by atoms with Crippen LogP contribution < -0.4 is 11.3 Å². The van der Waals surface area contributed by atoms with E-state index in [9.17, 15) is 0 Å². The van der Waals surface area contributed by atoms with Crippen molar-refractivity contribution in [2.24, 2.45) is 5.84 Å². The maximum Gasteiger partial charge on any atom is 0.0485 e. The Morgan fingerprint density at radius 2 is 1.91 bits per heavy atom. The zero-order chi connectivity index (χ0) is 8.10. The largest absolute Gasteiger partial charge is 0.324 e. The first-order valence-corrected chi connectivity index (χ1v) is 4.45. The molecule has 58 valence electrons. The van der Waals surface area contributed by atoms with Crippen LogP contribution in [0.25, 0.3) is 6.08 Å². The van der Waals surface area contributed by atoms with Gasteiger partial charge in [-0.3, -0.25) is 5.84 Å². The van der Waals surface area contributed by atoms with E-state index < -0.39 is 0 Å². The SMILES string of the molecule is NNc1ccc(C=CI)cc1. The Labute approximate surface area is 79.6 Å². The minimum atomic E-state index is 0.926. The van der Waals surface area contributed by atoms with Gasteiger partial charge in [-0.1, -0.05) is 34.7 Å². The molecule has 2 nitrogen and oxygen atoms in total. The molecular weight excluding hydrogens is 251 g/mol. The second-order valence-electron chi connectivity index (χ2n) is 2.06. The van der Waals surface area contributed by atoms with Crippen molar-refractivity contribution in [2.75, 3.05) is 5.43 Å². The van der Waals surface area contributed by atoms with E-state index in [0.29, 0.717) is 0 Å². The molecule has 0 amide bonds. The average Bonchev–Trinajstić information content (AvgIpc) is 2.07. The van der Waals surface area contributed by atoms with E-state index in [1.54, 1.807) is 0 Å². The van der Waals surface area contributed by atoms with Gasteiger partial charge in [-0.2, -0.15) is 0 Å². The molecule has 0 heterocycles. The average molecular weight is 260 g/mol. The fourth-order valence-electron chi connectivity index (χ4n) is 0.763. The van der Waals surface area contributed by atoms with Crippen LogP contribution in [0.4, 0.5) is 5.69 Å². The molecule has 3 heteroatoms. The number of anilines is 1. The molecule has 0 saturated heterocycles. The van der Waals surface area contributed by atoms with Gasteiger partial charge in [0.15, 0.2) is 0 Å². The molecule has 0 aromatic heterocycles. The topological polar surface area (TPSA) is 38.0 Å². The van der Waals surface area contributed by atoms with E-state index in [2.05, 4.69) is 28.0 Å². The van der Waals surface area contributed by atoms with Gasteiger partial charge in [0.2, 0.25) is 0 Å². The Balaban J connectivity index is 2.82. The Hall–Kier alpha value is -0.550. The van der Waals surface area contributed by atoms with Crippen molar-refractivity contribution in [3.8, 4) is 0 Å². The van der Waals surface area contributed by atoms with E-state index >= 15 is 0 Å². The molecule has 0 bridgehead atoms. The van der Waals surface area contributed by atoms with Gasteiger partial charge >= 0.3 is 0 Å². The van der Waals surface area contributed by atoms with Gasteiger partial charge < -0.3 is 5.43 Å². The lowest BCUT2D eigenvalue weighted by molar-refractivity contribution is 1.35. The van der Waals surface area contributed by atoms with Crippen LogP contribution in [0.15, 0.2) is 28.3 Å². The van der Waals surface area contributed by atoms with E-state index in [0.717, 1.165) is 5.69 Å². The molecular formula is C8H9IN2. The first-order valence-electron chi connectivity index (χ1n) is 3.20. The van der Waals surface area contributed by atoms with Gasteiger partial charge in [0.05, 0.1) is 0 Å². The lowest BCUT2D eigenvalue weighted by Gasteiger charge is -1.98. The number of halogens is 1. The minimum absolute atomic E-state index is 0.926. The van der Waals surface area contributed by atoms with E-state index in [1.165, 1.54) is 5.56 Å². The number of hydrazine groups is 1. The summed E-state index contributed by atoms with van der Waals surface area (Å²) in [4.78, 5) is 0. The molecule has 0 saturated carbocycles. The molecule has 1 rings (SSSR count). The van der Waals surface area contributed by atoms with Gasteiger partial charge in [-0.05, 0) is 27.9 Å². The monoisotopic (exact) mass is 260 g/mol. The summed E-state index contributed by atoms with van der Waals surface area (Å²) in [6.07, 6.45) is 2.03. The van der Waals surface area contributed by atoms with Crippen LogP contribution in [0.1, 0.15) is 5.56 Å². The summed E-state index contributed by atoms with van der Waals surface area (Å²) >= 11 is 2.19. The van der Waals surface area contributed by atoms with Crippen molar-refractivity contribution in [2.45, 2.75) is 0 Å². The summed E-state index contributed by atoms with van der Waals surface area (Å²) in [7, 11) is 0. The standard InChI is InChI=1S/C8H9IN2/c9-6-5-7-1-3-8(11-10)4-2-7/h1-6,11H,10H2. The Bertz CT molecular complexity index is 241. The maximum absolute atomic E-state index is 5.20. The fourth-order valence-corrected chi connectivity index (χ4v) is 1.18. The predicted octanol–water partition coefficient (Wildman–Crippen LogP) is 2.38. The number of nitrogens with one attached hydrogen (secondary N) is 1. The second-order valence-corrected chi connectivity index (χ2v) is 2.78. The van der Waals surface area contributed by atoms with Crippen molar-refractivity contribution in [1.82, 2.24) is 0 Å². The number of nitrogens with two attached hydrogens (primary N) is 1. The van der Waals surface area contributed by atoms with Gasteiger partial charge in [0.25, 0.3) is 0 Å². The third kappa shape index (κ3) is 2.51. The molecule has 3 N–H and O–H groups in total. The molecule has 0 aliphatic carbocycles. The lowest BCUT2D eigenvalue weighted by atomic mass is 10.2. The van der Waals surface area contributed by atoms with Gasteiger partial charge in [0, 0.05) is 5.69 Å². The summed E-state index contributed by atoms with van der Waals surface area (Å²) in [5, 5.41) is 0. The number of rotatable bonds is 2. The van der Waals surface area contributed by atoms with E-state index in [-0.39, 0.29) is 0 Å². The molecule has 0 unspecified atom stereocenters. The minimum Gasteiger partial charge on any atom is -0.324 e. The molecule has 0 aliphatic rings. The van der Waals surface area contributed by atoms with Crippen LogP contribution in [0.5, 0.6) is 0 Å². The van der Waals surface area contributed by atoms with Crippen LogP contribution in [0.3, 0.4) is 0 Å². The lowest BCUT2D eigenvalue weighted by Crippen LogP contribution is -2.05. The van der Waals surface area contributed by atoms with E-state index in [4.69, 9.17) is 5.84 Å². The van der Waals surface area contributed by atoms with Gasteiger partial charge in [0.1, 0.15) is 0 Å². The summed E-state index contributed by atoms with van der Waals surface area (Å²) in [5.74, 6) is 5.20. The van der Waals surface area contributed by atoms with Crippen LogP contribution in [0, 0.1) is 0 Å². The van der Waals surface area contributed by atoms with Crippen molar-refractivity contribution >= 4 is 34.4 Å². The van der Waals surface area contributed by atoms with Crippen molar-refractivity contribution < 1.29 is 0 Å². The quantitative estimate of drug-likeness (QED) is 0.486. The molecule has 0 radical (unpaired) electrons.